The third-order valence-corrected chi connectivity index (χ3v) is 3.37. The highest BCUT2D eigenvalue weighted by atomic mass is 127. The van der Waals surface area contributed by atoms with Crippen molar-refractivity contribution in [2.45, 2.75) is 39.5 Å². The van der Waals surface area contributed by atoms with E-state index in [0.717, 1.165) is 12.8 Å². The summed E-state index contributed by atoms with van der Waals surface area (Å²) in [6.07, 6.45) is 7.14. The standard InChI is InChI=1S/C15H21I/c1-13(2)5-3-6-14-8-10-15(11-9-14)7-4-12-16/h5,8-11H,3-4,6-7,12H2,1-2H3. The van der Waals surface area contributed by atoms with E-state index in [0.29, 0.717) is 0 Å². The highest BCUT2D eigenvalue weighted by Gasteiger charge is 1.94. The molecule has 0 saturated heterocycles. The van der Waals surface area contributed by atoms with Crippen molar-refractivity contribution >= 4 is 22.6 Å². The van der Waals surface area contributed by atoms with Gasteiger partial charge in [-0.25, -0.2) is 0 Å². The first-order valence-corrected chi connectivity index (χ1v) is 7.52. The Morgan fingerprint density at radius 1 is 1.06 bits per heavy atom. The van der Waals surface area contributed by atoms with Crippen molar-refractivity contribution in [1.82, 2.24) is 0 Å². The van der Waals surface area contributed by atoms with E-state index in [-0.39, 0.29) is 0 Å². The molecule has 0 fully saturated rings. The van der Waals surface area contributed by atoms with Crippen molar-refractivity contribution < 1.29 is 0 Å². The lowest BCUT2D eigenvalue weighted by Crippen LogP contribution is -1.88. The second kappa shape index (κ2) is 7.88. The fourth-order valence-corrected chi connectivity index (χ4v) is 2.05. The fraction of sp³-hybridized carbons (Fsp3) is 0.467. The third-order valence-electron chi connectivity index (χ3n) is 2.61. The van der Waals surface area contributed by atoms with Crippen LogP contribution >= 0.6 is 22.6 Å². The molecule has 1 aromatic rings. The highest BCUT2D eigenvalue weighted by molar-refractivity contribution is 14.1. The van der Waals surface area contributed by atoms with Crippen molar-refractivity contribution in [3.63, 3.8) is 0 Å². The maximum Gasteiger partial charge on any atom is -0.000156 e. The van der Waals surface area contributed by atoms with Gasteiger partial charge in [-0.2, -0.15) is 0 Å². The van der Waals surface area contributed by atoms with Gasteiger partial charge in [-0.15, -0.1) is 0 Å². The Labute approximate surface area is 113 Å². The number of aryl methyl sites for hydroxylation is 2. The molecule has 16 heavy (non-hydrogen) atoms. The monoisotopic (exact) mass is 328 g/mol. The van der Waals surface area contributed by atoms with Gasteiger partial charge in [0.15, 0.2) is 0 Å². The average molecular weight is 328 g/mol. The van der Waals surface area contributed by atoms with Gasteiger partial charge in [0.05, 0.1) is 0 Å². The van der Waals surface area contributed by atoms with Crippen LogP contribution in [0.3, 0.4) is 0 Å². The number of rotatable bonds is 6. The molecule has 0 unspecified atom stereocenters. The molecule has 0 saturated carbocycles. The molecule has 0 amide bonds. The molecule has 88 valence electrons. The Balaban J connectivity index is 2.42. The molecule has 0 aromatic heterocycles. The van der Waals surface area contributed by atoms with E-state index in [1.807, 2.05) is 0 Å². The van der Waals surface area contributed by atoms with Crippen LogP contribution in [0.2, 0.25) is 0 Å². The lowest BCUT2D eigenvalue weighted by Gasteiger charge is -2.02. The van der Waals surface area contributed by atoms with Gasteiger partial charge in [0.25, 0.3) is 0 Å². The summed E-state index contributed by atoms with van der Waals surface area (Å²) in [6, 6.07) is 9.12. The zero-order chi connectivity index (χ0) is 11.8. The van der Waals surface area contributed by atoms with Crippen molar-refractivity contribution in [2.75, 3.05) is 4.43 Å². The zero-order valence-corrected chi connectivity index (χ0v) is 12.5. The molecule has 0 aliphatic carbocycles. The summed E-state index contributed by atoms with van der Waals surface area (Å²) in [4.78, 5) is 0. The smallest absolute Gasteiger partial charge is 0.000156 e. The molecule has 0 nitrogen and oxygen atoms in total. The number of hydrogen-bond donors (Lipinski definition) is 0. The van der Waals surface area contributed by atoms with Crippen LogP contribution in [0.25, 0.3) is 0 Å². The Bertz CT molecular complexity index is 318. The topological polar surface area (TPSA) is 0 Å². The lowest BCUT2D eigenvalue weighted by molar-refractivity contribution is 0.937. The largest absolute Gasteiger partial charge is 0.0864 e. The summed E-state index contributed by atoms with van der Waals surface area (Å²) in [6.45, 7) is 4.32. The SMILES string of the molecule is CC(C)=CCCc1ccc(CCCI)cc1. The van der Waals surface area contributed by atoms with Gasteiger partial charge in [-0.3, -0.25) is 0 Å². The molecule has 1 aromatic carbocycles. The summed E-state index contributed by atoms with van der Waals surface area (Å²) in [5.41, 5.74) is 4.34. The van der Waals surface area contributed by atoms with Crippen LogP contribution < -0.4 is 0 Å². The van der Waals surface area contributed by atoms with E-state index in [2.05, 4.69) is 66.8 Å². The van der Waals surface area contributed by atoms with Crippen LogP contribution in [0.15, 0.2) is 35.9 Å². The quantitative estimate of drug-likeness (QED) is 0.394. The van der Waals surface area contributed by atoms with Crippen molar-refractivity contribution in [1.29, 1.82) is 0 Å². The van der Waals surface area contributed by atoms with Gasteiger partial charge in [0.2, 0.25) is 0 Å². The summed E-state index contributed by atoms with van der Waals surface area (Å²) < 4.78 is 1.25. The van der Waals surface area contributed by atoms with Gasteiger partial charge in [-0.1, -0.05) is 58.5 Å². The van der Waals surface area contributed by atoms with Crippen LogP contribution in [0.1, 0.15) is 37.8 Å². The predicted octanol–water partition coefficient (Wildman–Crippen LogP) is 4.95. The summed E-state index contributed by atoms with van der Waals surface area (Å²) in [7, 11) is 0. The average Bonchev–Trinajstić information content (AvgIpc) is 2.27. The number of benzene rings is 1. The molecule has 1 heteroatoms. The Hall–Kier alpha value is -0.310. The van der Waals surface area contributed by atoms with Crippen molar-refractivity contribution in [3.8, 4) is 0 Å². The number of hydrogen-bond acceptors (Lipinski definition) is 0. The normalized spacial score (nSPS) is 10.2. The second-order valence-electron chi connectivity index (χ2n) is 4.43. The number of allylic oxidation sites excluding steroid dienone is 2. The van der Waals surface area contributed by atoms with Gasteiger partial charge < -0.3 is 0 Å². The Morgan fingerprint density at radius 3 is 2.12 bits per heavy atom. The molecule has 0 heterocycles. The minimum absolute atomic E-state index is 1.16. The summed E-state index contributed by atoms with van der Waals surface area (Å²) >= 11 is 2.44. The van der Waals surface area contributed by atoms with E-state index in [1.165, 1.54) is 34.0 Å². The maximum atomic E-state index is 2.44. The molecular formula is C15H21I. The van der Waals surface area contributed by atoms with Gasteiger partial charge in [-0.05, 0) is 55.1 Å². The first-order chi connectivity index (χ1) is 7.72. The van der Waals surface area contributed by atoms with Crippen LogP contribution in [0.4, 0.5) is 0 Å². The Kier molecular flexibility index (Phi) is 6.78. The van der Waals surface area contributed by atoms with E-state index >= 15 is 0 Å². The lowest BCUT2D eigenvalue weighted by atomic mass is 10.0. The van der Waals surface area contributed by atoms with Crippen LogP contribution in [-0.2, 0) is 12.8 Å². The zero-order valence-electron chi connectivity index (χ0n) is 10.3. The van der Waals surface area contributed by atoms with E-state index in [9.17, 15) is 0 Å². The first kappa shape index (κ1) is 13.8. The molecule has 0 atom stereocenters. The van der Waals surface area contributed by atoms with Crippen molar-refractivity contribution in [2.24, 2.45) is 0 Å². The number of halogens is 1. The molecule has 0 aliphatic heterocycles. The first-order valence-electron chi connectivity index (χ1n) is 5.99. The molecule has 0 bridgehead atoms. The minimum Gasteiger partial charge on any atom is -0.0864 e. The Morgan fingerprint density at radius 2 is 1.62 bits per heavy atom. The van der Waals surface area contributed by atoms with Gasteiger partial charge in [0, 0.05) is 0 Å². The van der Waals surface area contributed by atoms with E-state index < -0.39 is 0 Å². The molecular weight excluding hydrogens is 307 g/mol. The summed E-state index contributed by atoms with van der Waals surface area (Å²) in [5, 5.41) is 0. The number of alkyl halides is 1. The maximum absolute atomic E-state index is 2.44. The molecule has 0 spiro atoms. The van der Waals surface area contributed by atoms with Crippen LogP contribution in [0, 0.1) is 0 Å². The van der Waals surface area contributed by atoms with Crippen molar-refractivity contribution in [3.05, 3.63) is 47.0 Å². The van der Waals surface area contributed by atoms with E-state index in [4.69, 9.17) is 0 Å². The van der Waals surface area contributed by atoms with E-state index in [1.54, 1.807) is 0 Å². The minimum atomic E-state index is 1.16. The summed E-state index contributed by atoms with van der Waals surface area (Å²) in [5.74, 6) is 0. The fourth-order valence-electron chi connectivity index (χ4n) is 1.67. The molecule has 1 rings (SSSR count). The molecule has 0 radical (unpaired) electrons. The molecule has 0 aliphatic rings. The predicted molar refractivity (Wildman–Crippen MR) is 81.4 cm³/mol. The van der Waals surface area contributed by atoms with Crippen LogP contribution in [-0.4, -0.2) is 4.43 Å². The highest BCUT2D eigenvalue weighted by Crippen LogP contribution is 2.10. The molecule has 0 N–H and O–H groups in total. The van der Waals surface area contributed by atoms with Gasteiger partial charge in [0.1, 0.15) is 0 Å². The van der Waals surface area contributed by atoms with Gasteiger partial charge >= 0.3 is 0 Å². The van der Waals surface area contributed by atoms with Crippen LogP contribution in [0.5, 0.6) is 0 Å². The second-order valence-corrected chi connectivity index (χ2v) is 5.51. The third kappa shape index (κ3) is 5.69.